The maximum atomic E-state index is 13.5. The van der Waals surface area contributed by atoms with Crippen LogP contribution in [0.2, 0.25) is 0 Å². The summed E-state index contributed by atoms with van der Waals surface area (Å²) in [6.07, 6.45) is 5.29. The first-order valence-corrected chi connectivity index (χ1v) is 13.7. The van der Waals surface area contributed by atoms with Crippen molar-refractivity contribution < 1.29 is 4.92 Å². The molecule has 2 aliphatic rings. The van der Waals surface area contributed by atoms with E-state index < -0.39 is 6.04 Å². The van der Waals surface area contributed by atoms with Crippen LogP contribution in [0.4, 0.5) is 11.4 Å². The highest BCUT2D eigenvalue weighted by Crippen LogP contribution is 2.34. The maximum absolute atomic E-state index is 13.5. The molecule has 202 valence electrons. The third-order valence-corrected chi connectivity index (χ3v) is 8.18. The fourth-order valence-corrected chi connectivity index (χ4v) is 6.01. The first kappa shape index (κ1) is 25.2. The largest absolute Gasteiger partial charge is 0.369 e. The molecule has 11 heteroatoms. The number of nitro benzene ring substituents is 1. The highest BCUT2D eigenvalue weighted by molar-refractivity contribution is 5.80. The number of aromatic nitrogens is 5. The molecule has 0 bridgehead atoms. The second-order valence-corrected chi connectivity index (χ2v) is 10.4. The molecule has 11 nitrogen and oxygen atoms in total. The van der Waals surface area contributed by atoms with Crippen LogP contribution in [-0.4, -0.2) is 61.2 Å². The van der Waals surface area contributed by atoms with Crippen molar-refractivity contribution in [2.24, 2.45) is 0 Å². The highest BCUT2D eigenvalue weighted by atomic mass is 16.6. The van der Waals surface area contributed by atoms with E-state index in [0.717, 1.165) is 48.7 Å². The molecular weight excluding hydrogens is 496 g/mol. The van der Waals surface area contributed by atoms with Crippen molar-refractivity contribution in [1.82, 2.24) is 30.1 Å². The molecule has 2 aromatic carbocycles. The van der Waals surface area contributed by atoms with E-state index in [2.05, 4.69) is 43.3 Å². The Labute approximate surface area is 225 Å². The molecule has 3 heterocycles. The summed E-state index contributed by atoms with van der Waals surface area (Å²) >= 11 is 0. The first-order valence-electron chi connectivity index (χ1n) is 13.7. The number of non-ortho nitro benzene ring substituents is 1. The number of H-pyrrole nitrogens is 1. The SMILES string of the molecule is CCc1ccc2[nH]c(=O)c(C(c3nnnn3C3CCCC3)N3CCN(c4ccc([N+](=O)[O-])cc4)CC3)cc2c1. The Morgan fingerprint density at radius 2 is 1.79 bits per heavy atom. The summed E-state index contributed by atoms with van der Waals surface area (Å²) in [4.78, 5) is 31.8. The molecule has 2 aromatic heterocycles. The van der Waals surface area contributed by atoms with Crippen molar-refractivity contribution in [1.29, 1.82) is 0 Å². The molecule has 0 radical (unpaired) electrons. The lowest BCUT2D eigenvalue weighted by atomic mass is 10.0. The lowest BCUT2D eigenvalue weighted by Crippen LogP contribution is -2.49. The van der Waals surface area contributed by atoms with Crippen molar-refractivity contribution in [2.45, 2.75) is 51.1 Å². The average molecular weight is 529 g/mol. The number of aryl methyl sites for hydroxylation is 1. The van der Waals surface area contributed by atoms with Crippen molar-refractivity contribution >= 4 is 22.3 Å². The highest BCUT2D eigenvalue weighted by Gasteiger charge is 2.34. The number of hydrogen-bond donors (Lipinski definition) is 1. The second-order valence-electron chi connectivity index (χ2n) is 10.4. The molecular formula is C28H32N8O3. The van der Waals surface area contributed by atoms with Crippen LogP contribution in [0.15, 0.2) is 53.3 Å². The second kappa shape index (κ2) is 10.6. The molecule has 0 amide bonds. The summed E-state index contributed by atoms with van der Waals surface area (Å²) in [5.74, 6) is 0.710. The van der Waals surface area contributed by atoms with Crippen LogP contribution >= 0.6 is 0 Å². The predicted octanol–water partition coefficient (Wildman–Crippen LogP) is 4.01. The lowest BCUT2D eigenvalue weighted by Gasteiger charge is -2.39. The van der Waals surface area contributed by atoms with E-state index in [1.165, 1.54) is 5.56 Å². The van der Waals surface area contributed by atoms with E-state index in [0.29, 0.717) is 37.6 Å². The molecule has 0 spiro atoms. The molecule has 2 fully saturated rings. The van der Waals surface area contributed by atoms with Crippen LogP contribution in [0, 0.1) is 10.1 Å². The van der Waals surface area contributed by atoms with E-state index in [-0.39, 0.29) is 22.2 Å². The molecule has 1 aliphatic heterocycles. The summed E-state index contributed by atoms with van der Waals surface area (Å²) in [7, 11) is 0. The number of pyridine rings is 1. The summed E-state index contributed by atoms with van der Waals surface area (Å²) in [6.45, 7) is 4.92. The summed E-state index contributed by atoms with van der Waals surface area (Å²) in [6, 6.07) is 14.7. The van der Waals surface area contributed by atoms with Gasteiger partial charge in [0.15, 0.2) is 5.82 Å². The summed E-state index contributed by atoms with van der Waals surface area (Å²) < 4.78 is 1.95. The normalized spacial score (nSPS) is 17.6. The number of nitrogens with one attached hydrogen (secondary N) is 1. The number of aromatic amines is 1. The van der Waals surface area contributed by atoms with Gasteiger partial charge in [0.1, 0.15) is 6.04 Å². The monoisotopic (exact) mass is 528 g/mol. The molecule has 1 saturated carbocycles. The topological polar surface area (TPSA) is 126 Å². The lowest BCUT2D eigenvalue weighted by molar-refractivity contribution is -0.384. The van der Waals surface area contributed by atoms with Gasteiger partial charge in [-0.2, -0.15) is 0 Å². The van der Waals surface area contributed by atoms with Gasteiger partial charge >= 0.3 is 0 Å². The van der Waals surface area contributed by atoms with Gasteiger partial charge in [-0.3, -0.25) is 19.8 Å². The summed E-state index contributed by atoms with van der Waals surface area (Å²) in [5, 5.41) is 25.0. The Morgan fingerprint density at radius 3 is 2.49 bits per heavy atom. The minimum Gasteiger partial charge on any atom is -0.369 e. The number of anilines is 1. The average Bonchev–Trinajstić information content (AvgIpc) is 3.66. The summed E-state index contributed by atoms with van der Waals surface area (Å²) in [5.41, 5.74) is 3.58. The van der Waals surface area contributed by atoms with Gasteiger partial charge in [0.2, 0.25) is 0 Å². The molecule has 1 unspecified atom stereocenters. The van der Waals surface area contributed by atoms with Gasteiger partial charge in [-0.1, -0.05) is 25.8 Å². The van der Waals surface area contributed by atoms with Crippen molar-refractivity contribution in [3.05, 3.63) is 86.0 Å². The van der Waals surface area contributed by atoms with Crippen molar-refractivity contribution in [2.75, 3.05) is 31.1 Å². The smallest absolute Gasteiger partial charge is 0.269 e. The molecule has 1 N–H and O–H groups in total. The van der Waals surface area contributed by atoms with E-state index >= 15 is 0 Å². The quantitative estimate of drug-likeness (QED) is 0.282. The molecule has 4 aromatic rings. The van der Waals surface area contributed by atoms with Crippen LogP contribution in [0.1, 0.15) is 61.6 Å². The molecule has 6 rings (SSSR count). The van der Waals surface area contributed by atoms with Gasteiger partial charge in [0.05, 0.1) is 11.0 Å². The Hall–Kier alpha value is -4.12. The molecule has 39 heavy (non-hydrogen) atoms. The van der Waals surface area contributed by atoms with Gasteiger partial charge in [-0.15, -0.1) is 5.10 Å². The number of piperazine rings is 1. The number of benzene rings is 2. The molecule has 1 atom stereocenters. The Morgan fingerprint density at radius 1 is 1.05 bits per heavy atom. The standard InChI is InChI=1S/C28H32N8O3/c1-2-19-7-12-25-20(17-19)18-24(28(37)29-25)26(27-30-31-32-35(27)22-5-3-4-6-22)34-15-13-33(14-16-34)21-8-10-23(11-9-21)36(38)39/h7-12,17-18,22,26H,2-6,13-16H2,1H3,(H,29,37). The van der Waals surface area contributed by atoms with Gasteiger partial charge < -0.3 is 9.88 Å². The molecule has 1 saturated heterocycles. The van der Waals surface area contributed by atoms with E-state index in [1.807, 2.05) is 22.9 Å². The Kier molecular flexibility index (Phi) is 6.82. The number of tetrazole rings is 1. The van der Waals surface area contributed by atoms with E-state index in [9.17, 15) is 14.9 Å². The minimum atomic E-state index is -0.391. The van der Waals surface area contributed by atoms with Crippen LogP contribution in [0.25, 0.3) is 10.9 Å². The van der Waals surface area contributed by atoms with Crippen LogP contribution < -0.4 is 10.5 Å². The first-order chi connectivity index (χ1) is 19.0. The van der Waals surface area contributed by atoms with Gasteiger partial charge in [-0.05, 0) is 71.0 Å². The number of rotatable bonds is 7. The minimum absolute atomic E-state index is 0.0814. The van der Waals surface area contributed by atoms with Gasteiger partial charge in [0.25, 0.3) is 11.2 Å². The number of fused-ring (bicyclic) bond motifs is 1. The van der Waals surface area contributed by atoms with Crippen LogP contribution in [0.5, 0.6) is 0 Å². The maximum Gasteiger partial charge on any atom is 0.269 e. The zero-order chi connectivity index (χ0) is 26.9. The van der Waals surface area contributed by atoms with E-state index in [4.69, 9.17) is 0 Å². The number of hydrogen-bond acceptors (Lipinski definition) is 8. The van der Waals surface area contributed by atoms with E-state index in [1.54, 1.807) is 24.3 Å². The fraction of sp³-hybridized carbons (Fsp3) is 0.429. The van der Waals surface area contributed by atoms with Crippen molar-refractivity contribution in [3.8, 4) is 0 Å². The fourth-order valence-electron chi connectivity index (χ4n) is 6.01. The number of nitro groups is 1. The van der Waals surface area contributed by atoms with Crippen LogP contribution in [-0.2, 0) is 6.42 Å². The third kappa shape index (κ3) is 4.89. The number of nitrogens with zero attached hydrogens (tertiary/aromatic N) is 7. The van der Waals surface area contributed by atoms with Gasteiger partial charge in [0, 0.05) is 55.1 Å². The Balaban J connectivity index is 1.35. The predicted molar refractivity (Wildman–Crippen MR) is 148 cm³/mol. The molecule has 1 aliphatic carbocycles. The third-order valence-electron chi connectivity index (χ3n) is 8.18. The van der Waals surface area contributed by atoms with Gasteiger partial charge in [-0.25, -0.2) is 4.68 Å². The zero-order valence-electron chi connectivity index (χ0n) is 22.0. The Bertz CT molecular complexity index is 1530. The van der Waals surface area contributed by atoms with Crippen LogP contribution in [0.3, 0.4) is 0 Å². The van der Waals surface area contributed by atoms with Crippen molar-refractivity contribution in [3.63, 3.8) is 0 Å². The zero-order valence-corrected chi connectivity index (χ0v) is 22.0.